The van der Waals surface area contributed by atoms with Crippen LogP contribution in [0.1, 0.15) is 40.7 Å². The van der Waals surface area contributed by atoms with Gasteiger partial charge in [0.1, 0.15) is 0 Å². The van der Waals surface area contributed by atoms with Crippen molar-refractivity contribution in [2.24, 2.45) is 0 Å². The van der Waals surface area contributed by atoms with Gasteiger partial charge in [-0.15, -0.1) is 11.8 Å². The summed E-state index contributed by atoms with van der Waals surface area (Å²) in [7, 11) is 1.87. The predicted octanol–water partition coefficient (Wildman–Crippen LogP) is 5.64. The van der Waals surface area contributed by atoms with E-state index in [1.54, 1.807) is 22.9 Å². The number of amides is 1. The quantitative estimate of drug-likeness (QED) is 0.454. The molecule has 0 unspecified atom stereocenters. The highest BCUT2D eigenvalue weighted by Crippen LogP contribution is 2.24. The Morgan fingerprint density at radius 1 is 0.968 bits per heavy atom. The number of thioether (sulfide) groups is 1. The van der Waals surface area contributed by atoms with E-state index in [1.165, 1.54) is 30.5 Å². The molecule has 3 aromatic rings. The van der Waals surface area contributed by atoms with Crippen molar-refractivity contribution in [2.45, 2.75) is 36.5 Å². The fourth-order valence-corrected chi connectivity index (χ4v) is 4.71. The molecule has 1 fully saturated rings. The van der Waals surface area contributed by atoms with Gasteiger partial charge in [0.2, 0.25) is 0 Å². The topological polar surface area (TPSA) is 36.4 Å². The number of benzene rings is 2. The molecule has 160 valence electrons. The largest absolute Gasteiger partial charge is 0.372 e. The van der Waals surface area contributed by atoms with Crippen LogP contribution in [0.3, 0.4) is 0 Å². The summed E-state index contributed by atoms with van der Waals surface area (Å²) in [6.07, 6.45) is 7.57. The highest BCUT2D eigenvalue weighted by atomic mass is 32.2. The van der Waals surface area contributed by atoms with Crippen LogP contribution in [0.15, 0.2) is 78.0 Å². The van der Waals surface area contributed by atoms with Gasteiger partial charge in [0.15, 0.2) is 0 Å². The van der Waals surface area contributed by atoms with Gasteiger partial charge in [-0.3, -0.25) is 9.78 Å². The number of hydrogen-bond acceptors (Lipinski definition) is 4. The number of carbonyl (C=O) groups excluding carboxylic acids is 1. The summed E-state index contributed by atoms with van der Waals surface area (Å²) in [5.74, 6) is 0.915. The molecule has 2 aromatic carbocycles. The number of rotatable bonds is 7. The lowest BCUT2D eigenvalue weighted by Crippen LogP contribution is -2.29. The average Bonchev–Trinajstić information content (AvgIpc) is 2.84. The van der Waals surface area contributed by atoms with Gasteiger partial charge in [-0.05, 0) is 72.9 Å². The van der Waals surface area contributed by atoms with Gasteiger partial charge in [0.25, 0.3) is 5.91 Å². The maximum absolute atomic E-state index is 12.9. The number of anilines is 1. The maximum atomic E-state index is 12.9. The molecule has 0 N–H and O–H groups in total. The Morgan fingerprint density at radius 2 is 1.71 bits per heavy atom. The summed E-state index contributed by atoms with van der Waals surface area (Å²) in [5, 5.41) is 0. The summed E-state index contributed by atoms with van der Waals surface area (Å²) in [4.78, 5) is 22.4. The summed E-state index contributed by atoms with van der Waals surface area (Å²) in [5.41, 5.74) is 4.36. The summed E-state index contributed by atoms with van der Waals surface area (Å²) in [6.45, 7) is 2.90. The standard InChI is InChI=1S/C26H29N3OS/c1-28(19-21-7-11-24(12-8-21)29-16-3-2-4-17-29)26(30)23-9-13-25(14-10-23)31-20-22-6-5-15-27-18-22/h5-15,18H,2-4,16-17,19-20H2,1H3. The lowest BCUT2D eigenvalue weighted by Gasteiger charge is -2.29. The van der Waals surface area contributed by atoms with Crippen LogP contribution in [0, 0.1) is 0 Å². The third kappa shape index (κ3) is 5.88. The van der Waals surface area contributed by atoms with Crippen LogP contribution in [-0.4, -0.2) is 35.9 Å². The van der Waals surface area contributed by atoms with E-state index in [2.05, 4.69) is 40.2 Å². The van der Waals surface area contributed by atoms with Crippen molar-refractivity contribution >= 4 is 23.4 Å². The van der Waals surface area contributed by atoms with E-state index >= 15 is 0 Å². The minimum Gasteiger partial charge on any atom is -0.372 e. The smallest absolute Gasteiger partial charge is 0.253 e. The lowest BCUT2D eigenvalue weighted by atomic mass is 10.1. The van der Waals surface area contributed by atoms with Gasteiger partial charge in [0, 0.05) is 61.0 Å². The maximum Gasteiger partial charge on any atom is 0.253 e. The van der Waals surface area contributed by atoms with E-state index in [-0.39, 0.29) is 5.91 Å². The van der Waals surface area contributed by atoms with E-state index in [0.717, 1.165) is 34.9 Å². The molecule has 0 spiro atoms. The molecule has 2 heterocycles. The molecule has 0 atom stereocenters. The van der Waals surface area contributed by atoms with Crippen molar-refractivity contribution in [3.8, 4) is 0 Å². The van der Waals surface area contributed by atoms with Gasteiger partial charge < -0.3 is 9.80 Å². The number of carbonyl (C=O) groups is 1. The Morgan fingerprint density at radius 3 is 2.39 bits per heavy atom. The molecule has 1 aliphatic heterocycles. The van der Waals surface area contributed by atoms with Crippen molar-refractivity contribution < 1.29 is 4.79 Å². The first-order valence-electron chi connectivity index (χ1n) is 10.9. The number of nitrogens with zero attached hydrogens (tertiary/aromatic N) is 3. The van der Waals surface area contributed by atoms with Crippen LogP contribution in [-0.2, 0) is 12.3 Å². The second-order valence-electron chi connectivity index (χ2n) is 8.05. The summed E-state index contributed by atoms with van der Waals surface area (Å²) >= 11 is 1.75. The monoisotopic (exact) mass is 431 g/mol. The first-order chi connectivity index (χ1) is 15.2. The Kier molecular flexibility index (Phi) is 7.26. The summed E-state index contributed by atoms with van der Waals surface area (Å²) in [6, 6.07) is 20.6. The van der Waals surface area contributed by atoms with Crippen molar-refractivity contribution in [1.82, 2.24) is 9.88 Å². The fourth-order valence-electron chi connectivity index (χ4n) is 3.87. The minimum absolute atomic E-state index is 0.0453. The van der Waals surface area contributed by atoms with Crippen molar-refractivity contribution in [2.75, 3.05) is 25.0 Å². The molecule has 4 rings (SSSR count). The molecule has 1 amide bonds. The van der Waals surface area contributed by atoms with Crippen LogP contribution in [0.25, 0.3) is 0 Å². The van der Waals surface area contributed by atoms with Gasteiger partial charge in [-0.1, -0.05) is 18.2 Å². The van der Waals surface area contributed by atoms with Crippen molar-refractivity contribution in [1.29, 1.82) is 0 Å². The zero-order valence-corrected chi connectivity index (χ0v) is 18.9. The van der Waals surface area contributed by atoms with E-state index in [9.17, 15) is 4.79 Å². The molecular weight excluding hydrogens is 402 g/mol. The molecule has 1 saturated heterocycles. The first-order valence-corrected chi connectivity index (χ1v) is 11.9. The van der Waals surface area contributed by atoms with Crippen LogP contribution in [0.5, 0.6) is 0 Å². The predicted molar refractivity (Wildman–Crippen MR) is 129 cm³/mol. The van der Waals surface area contributed by atoms with Crippen molar-refractivity contribution in [3.05, 3.63) is 89.7 Å². The third-order valence-electron chi connectivity index (χ3n) is 5.65. The average molecular weight is 432 g/mol. The first kappa shape index (κ1) is 21.4. The second-order valence-corrected chi connectivity index (χ2v) is 9.10. The van der Waals surface area contributed by atoms with E-state index in [1.807, 2.05) is 43.6 Å². The SMILES string of the molecule is CN(Cc1ccc(N2CCCCC2)cc1)C(=O)c1ccc(SCc2cccnc2)cc1. The second kappa shape index (κ2) is 10.5. The number of aromatic nitrogens is 1. The molecule has 0 radical (unpaired) electrons. The molecule has 0 saturated carbocycles. The lowest BCUT2D eigenvalue weighted by molar-refractivity contribution is 0.0785. The molecule has 5 heteroatoms. The molecule has 0 bridgehead atoms. The normalized spacial score (nSPS) is 13.8. The number of piperidine rings is 1. The minimum atomic E-state index is 0.0453. The van der Waals surface area contributed by atoms with E-state index in [0.29, 0.717) is 6.54 Å². The molecule has 1 aromatic heterocycles. The molecule has 4 nitrogen and oxygen atoms in total. The highest BCUT2D eigenvalue weighted by molar-refractivity contribution is 7.98. The Bertz CT molecular complexity index is 968. The zero-order chi connectivity index (χ0) is 21.5. The van der Waals surface area contributed by atoms with E-state index in [4.69, 9.17) is 0 Å². The van der Waals surface area contributed by atoms with E-state index < -0.39 is 0 Å². The van der Waals surface area contributed by atoms with Crippen LogP contribution in [0.2, 0.25) is 0 Å². The van der Waals surface area contributed by atoms with Crippen molar-refractivity contribution in [3.63, 3.8) is 0 Å². The van der Waals surface area contributed by atoms with Crippen LogP contribution < -0.4 is 4.90 Å². The molecule has 0 aliphatic carbocycles. The van der Waals surface area contributed by atoms with Gasteiger partial charge in [-0.25, -0.2) is 0 Å². The molecular formula is C26H29N3OS. The van der Waals surface area contributed by atoms with Gasteiger partial charge in [-0.2, -0.15) is 0 Å². The van der Waals surface area contributed by atoms with Crippen LogP contribution in [0.4, 0.5) is 5.69 Å². The Hall–Kier alpha value is -2.79. The highest BCUT2D eigenvalue weighted by Gasteiger charge is 2.14. The number of pyridine rings is 1. The summed E-state index contributed by atoms with van der Waals surface area (Å²) < 4.78 is 0. The Labute approximate surface area is 189 Å². The Balaban J connectivity index is 1.31. The third-order valence-corrected chi connectivity index (χ3v) is 6.74. The zero-order valence-electron chi connectivity index (χ0n) is 18.0. The van der Waals surface area contributed by atoms with Crippen LogP contribution >= 0.6 is 11.8 Å². The molecule has 1 aliphatic rings. The fraction of sp³-hybridized carbons (Fsp3) is 0.308. The van der Waals surface area contributed by atoms with Gasteiger partial charge >= 0.3 is 0 Å². The number of hydrogen-bond donors (Lipinski definition) is 0. The van der Waals surface area contributed by atoms with Gasteiger partial charge in [0.05, 0.1) is 0 Å². The molecule has 31 heavy (non-hydrogen) atoms.